The lowest BCUT2D eigenvalue weighted by atomic mass is 9.92. The van der Waals surface area contributed by atoms with Gasteiger partial charge in [-0.1, -0.05) is 0 Å². The molecular formula is C16H23FN2O3S. The summed E-state index contributed by atoms with van der Waals surface area (Å²) < 4.78 is 38.1. The number of likely N-dealkylation sites (tertiary alicyclic amines) is 1. The molecule has 1 amide bonds. The second-order valence-corrected chi connectivity index (χ2v) is 8.46. The SMILES string of the molecule is CC(N)C1CCCN(C(=O)C(C)S(=O)(=O)c2ccc(F)cc2)C1. The fraction of sp³-hybridized carbons (Fsp3) is 0.562. The topological polar surface area (TPSA) is 80.5 Å². The highest BCUT2D eigenvalue weighted by atomic mass is 32.2. The van der Waals surface area contributed by atoms with Crippen LogP contribution in [0.2, 0.25) is 0 Å². The fourth-order valence-electron chi connectivity index (χ4n) is 2.86. The van der Waals surface area contributed by atoms with E-state index < -0.39 is 26.8 Å². The highest BCUT2D eigenvalue weighted by molar-refractivity contribution is 7.92. The molecule has 128 valence electrons. The molecule has 1 fully saturated rings. The van der Waals surface area contributed by atoms with Gasteiger partial charge in [-0.15, -0.1) is 0 Å². The van der Waals surface area contributed by atoms with Gasteiger partial charge < -0.3 is 10.6 Å². The molecule has 1 aliphatic heterocycles. The van der Waals surface area contributed by atoms with Crippen molar-refractivity contribution in [3.63, 3.8) is 0 Å². The standard InChI is InChI=1S/C16H23FN2O3S/c1-11(18)13-4-3-9-19(10-13)16(20)12(2)23(21,22)15-7-5-14(17)6-8-15/h5-8,11-13H,3-4,9-10,18H2,1-2H3. The molecule has 1 heterocycles. The lowest BCUT2D eigenvalue weighted by molar-refractivity contribution is -0.132. The summed E-state index contributed by atoms with van der Waals surface area (Å²) in [5.41, 5.74) is 5.90. The zero-order valence-corrected chi connectivity index (χ0v) is 14.2. The molecule has 0 radical (unpaired) electrons. The van der Waals surface area contributed by atoms with Crippen LogP contribution in [0.4, 0.5) is 4.39 Å². The zero-order valence-electron chi connectivity index (χ0n) is 13.4. The van der Waals surface area contributed by atoms with Crippen LogP contribution in [-0.4, -0.2) is 43.6 Å². The lowest BCUT2D eigenvalue weighted by Crippen LogP contribution is -2.49. The first-order chi connectivity index (χ1) is 10.7. The van der Waals surface area contributed by atoms with Crippen LogP contribution in [-0.2, 0) is 14.6 Å². The van der Waals surface area contributed by atoms with E-state index in [4.69, 9.17) is 5.73 Å². The summed E-state index contributed by atoms with van der Waals surface area (Å²) in [5.74, 6) is -0.744. The number of carbonyl (C=O) groups excluding carboxylic acids is 1. The first-order valence-corrected chi connectivity index (χ1v) is 9.32. The summed E-state index contributed by atoms with van der Waals surface area (Å²) in [6.45, 7) is 4.32. The van der Waals surface area contributed by atoms with Crippen LogP contribution in [0.25, 0.3) is 0 Å². The zero-order chi connectivity index (χ0) is 17.2. The highest BCUT2D eigenvalue weighted by Gasteiger charge is 2.35. The van der Waals surface area contributed by atoms with E-state index in [9.17, 15) is 17.6 Å². The Morgan fingerprint density at radius 1 is 1.30 bits per heavy atom. The Labute approximate surface area is 136 Å². The van der Waals surface area contributed by atoms with E-state index in [0.29, 0.717) is 13.1 Å². The van der Waals surface area contributed by atoms with Gasteiger partial charge in [-0.05, 0) is 56.9 Å². The van der Waals surface area contributed by atoms with Crippen molar-refractivity contribution in [2.75, 3.05) is 13.1 Å². The Morgan fingerprint density at radius 2 is 1.91 bits per heavy atom. The molecule has 1 aliphatic rings. The number of sulfone groups is 1. The van der Waals surface area contributed by atoms with Crippen LogP contribution >= 0.6 is 0 Å². The molecule has 3 atom stereocenters. The number of benzene rings is 1. The monoisotopic (exact) mass is 342 g/mol. The summed E-state index contributed by atoms with van der Waals surface area (Å²) in [4.78, 5) is 14.1. The second-order valence-electron chi connectivity index (χ2n) is 6.19. The number of hydrogen-bond acceptors (Lipinski definition) is 4. The van der Waals surface area contributed by atoms with Gasteiger partial charge in [0.05, 0.1) is 4.90 Å². The third kappa shape index (κ3) is 3.90. The molecule has 5 nitrogen and oxygen atoms in total. The first kappa shape index (κ1) is 17.9. The van der Waals surface area contributed by atoms with Crippen LogP contribution in [0.1, 0.15) is 26.7 Å². The summed E-state index contributed by atoms with van der Waals surface area (Å²) in [6, 6.07) is 4.51. The van der Waals surface area contributed by atoms with Crippen molar-refractivity contribution in [3.05, 3.63) is 30.1 Å². The second kappa shape index (κ2) is 6.97. The number of nitrogens with two attached hydrogens (primary N) is 1. The van der Waals surface area contributed by atoms with E-state index in [1.807, 2.05) is 6.92 Å². The average molecular weight is 342 g/mol. The number of carbonyl (C=O) groups is 1. The molecule has 0 aliphatic carbocycles. The molecule has 2 rings (SSSR count). The Hall–Kier alpha value is -1.47. The molecule has 7 heteroatoms. The maximum atomic E-state index is 13.0. The van der Waals surface area contributed by atoms with Crippen molar-refractivity contribution in [2.24, 2.45) is 11.7 Å². The van der Waals surface area contributed by atoms with Gasteiger partial charge in [0.15, 0.2) is 9.84 Å². The van der Waals surface area contributed by atoms with E-state index in [0.717, 1.165) is 25.0 Å². The summed E-state index contributed by atoms with van der Waals surface area (Å²) in [7, 11) is -3.83. The summed E-state index contributed by atoms with van der Waals surface area (Å²) in [5, 5.41) is -1.19. The van der Waals surface area contributed by atoms with Crippen molar-refractivity contribution in [1.82, 2.24) is 4.90 Å². The molecular weight excluding hydrogens is 319 g/mol. The normalized spacial score (nSPS) is 21.7. The first-order valence-electron chi connectivity index (χ1n) is 7.77. The molecule has 0 spiro atoms. The number of amides is 1. The minimum atomic E-state index is -3.83. The third-order valence-corrected chi connectivity index (χ3v) is 6.53. The molecule has 3 unspecified atom stereocenters. The predicted octanol–water partition coefficient (Wildman–Crippen LogP) is 1.57. The van der Waals surface area contributed by atoms with Gasteiger partial charge in [-0.2, -0.15) is 0 Å². The molecule has 0 aromatic heterocycles. The molecule has 0 bridgehead atoms. The number of nitrogens with zero attached hydrogens (tertiary/aromatic N) is 1. The molecule has 0 saturated carbocycles. The minimum absolute atomic E-state index is 0.0328. The molecule has 1 aromatic rings. The third-order valence-electron chi connectivity index (χ3n) is 4.47. The van der Waals surface area contributed by atoms with Crippen LogP contribution in [0.5, 0.6) is 0 Å². The maximum absolute atomic E-state index is 13.0. The van der Waals surface area contributed by atoms with E-state index >= 15 is 0 Å². The van der Waals surface area contributed by atoms with Gasteiger partial charge in [0.25, 0.3) is 0 Å². The Bertz CT molecular complexity index is 658. The van der Waals surface area contributed by atoms with E-state index in [-0.39, 0.29) is 16.9 Å². The van der Waals surface area contributed by atoms with Gasteiger partial charge in [0.1, 0.15) is 11.1 Å². The van der Waals surface area contributed by atoms with Gasteiger partial charge in [-0.25, -0.2) is 12.8 Å². The van der Waals surface area contributed by atoms with Gasteiger partial charge in [0.2, 0.25) is 5.91 Å². The number of rotatable bonds is 4. The van der Waals surface area contributed by atoms with Crippen molar-refractivity contribution < 1.29 is 17.6 Å². The Kier molecular flexibility index (Phi) is 5.41. The van der Waals surface area contributed by atoms with Gasteiger partial charge >= 0.3 is 0 Å². The van der Waals surface area contributed by atoms with Gasteiger partial charge in [0, 0.05) is 19.1 Å². The average Bonchev–Trinajstić information content (AvgIpc) is 2.54. The van der Waals surface area contributed by atoms with E-state index in [1.165, 1.54) is 19.1 Å². The van der Waals surface area contributed by atoms with Crippen molar-refractivity contribution >= 4 is 15.7 Å². The highest BCUT2D eigenvalue weighted by Crippen LogP contribution is 2.23. The molecule has 1 aromatic carbocycles. The van der Waals surface area contributed by atoms with E-state index in [1.54, 1.807) is 4.90 Å². The van der Waals surface area contributed by atoms with Crippen molar-refractivity contribution in [3.8, 4) is 0 Å². The predicted molar refractivity (Wildman–Crippen MR) is 86.0 cm³/mol. The molecule has 1 saturated heterocycles. The number of halogens is 1. The van der Waals surface area contributed by atoms with Crippen molar-refractivity contribution in [2.45, 2.75) is 42.9 Å². The van der Waals surface area contributed by atoms with E-state index in [2.05, 4.69) is 0 Å². The smallest absolute Gasteiger partial charge is 0.241 e. The molecule has 23 heavy (non-hydrogen) atoms. The number of piperidine rings is 1. The molecule has 2 N–H and O–H groups in total. The Morgan fingerprint density at radius 3 is 2.48 bits per heavy atom. The summed E-state index contributed by atoms with van der Waals surface area (Å²) >= 11 is 0. The van der Waals surface area contributed by atoms with Crippen LogP contribution in [0.15, 0.2) is 29.2 Å². The van der Waals surface area contributed by atoms with Crippen molar-refractivity contribution in [1.29, 1.82) is 0 Å². The fourth-order valence-corrected chi connectivity index (χ4v) is 4.20. The lowest BCUT2D eigenvalue weighted by Gasteiger charge is -2.35. The quantitative estimate of drug-likeness (QED) is 0.842. The van der Waals surface area contributed by atoms with Crippen LogP contribution < -0.4 is 5.73 Å². The number of hydrogen-bond donors (Lipinski definition) is 1. The minimum Gasteiger partial charge on any atom is -0.341 e. The van der Waals surface area contributed by atoms with Crippen LogP contribution in [0, 0.1) is 11.7 Å². The van der Waals surface area contributed by atoms with Gasteiger partial charge in [-0.3, -0.25) is 4.79 Å². The Balaban J connectivity index is 2.16. The largest absolute Gasteiger partial charge is 0.341 e. The maximum Gasteiger partial charge on any atom is 0.241 e. The summed E-state index contributed by atoms with van der Waals surface area (Å²) in [6.07, 6.45) is 1.77. The van der Waals surface area contributed by atoms with Crippen LogP contribution in [0.3, 0.4) is 0 Å².